The van der Waals surface area contributed by atoms with Crippen LogP contribution < -0.4 is 9.64 Å². The summed E-state index contributed by atoms with van der Waals surface area (Å²) in [5, 5.41) is 0.356. The van der Waals surface area contributed by atoms with Crippen LogP contribution in [0.3, 0.4) is 0 Å². The van der Waals surface area contributed by atoms with Crippen LogP contribution in [0.1, 0.15) is 12.8 Å². The van der Waals surface area contributed by atoms with E-state index in [-0.39, 0.29) is 23.7 Å². The summed E-state index contributed by atoms with van der Waals surface area (Å²) >= 11 is 6.32. The van der Waals surface area contributed by atoms with E-state index >= 15 is 0 Å². The molecule has 2 aromatic rings. The van der Waals surface area contributed by atoms with Gasteiger partial charge in [0.2, 0.25) is 11.8 Å². The van der Waals surface area contributed by atoms with Gasteiger partial charge in [0.25, 0.3) is 0 Å². The number of allylic oxidation sites excluding steroid dienone is 2. The molecule has 1 aliphatic carbocycles. The molecule has 25 heavy (non-hydrogen) atoms. The van der Waals surface area contributed by atoms with Crippen molar-refractivity contribution in [3.63, 3.8) is 0 Å². The molecule has 0 aromatic heterocycles. The Morgan fingerprint density at radius 1 is 0.920 bits per heavy atom. The van der Waals surface area contributed by atoms with Crippen LogP contribution in [0.5, 0.6) is 11.5 Å². The number of halogens is 1. The van der Waals surface area contributed by atoms with Crippen LogP contribution in [0.2, 0.25) is 5.02 Å². The van der Waals surface area contributed by atoms with Crippen molar-refractivity contribution < 1.29 is 14.3 Å². The number of hydrogen-bond acceptors (Lipinski definition) is 3. The Labute approximate surface area is 150 Å². The summed E-state index contributed by atoms with van der Waals surface area (Å²) in [6.07, 6.45) is 5.18. The molecule has 2 amide bonds. The lowest BCUT2D eigenvalue weighted by Gasteiger charge is -2.16. The van der Waals surface area contributed by atoms with Crippen molar-refractivity contribution in [3.8, 4) is 11.5 Å². The van der Waals surface area contributed by atoms with Crippen LogP contribution in [0.25, 0.3) is 0 Å². The Kier molecular flexibility index (Phi) is 4.06. The van der Waals surface area contributed by atoms with Crippen molar-refractivity contribution in [2.24, 2.45) is 11.8 Å². The summed E-state index contributed by atoms with van der Waals surface area (Å²) in [4.78, 5) is 26.5. The number of para-hydroxylation sites is 1. The normalized spacial score (nSPS) is 22.2. The van der Waals surface area contributed by atoms with E-state index in [0.717, 1.165) is 0 Å². The van der Waals surface area contributed by atoms with Crippen molar-refractivity contribution in [3.05, 3.63) is 65.7 Å². The van der Waals surface area contributed by atoms with E-state index in [4.69, 9.17) is 16.3 Å². The molecule has 0 bridgehead atoms. The summed E-state index contributed by atoms with van der Waals surface area (Å²) in [7, 11) is 0. The van der Waals surface area contributed by atoms with E-state index in [0.29, 0.717) is 35.1 Å². The highest BCUT2D eigenvalue weighted by Gasteiger charge is 2.47. The average Bonchev–Trinajstić information content (AvgIpc) is 2.89. The molecule has 0 N–H and O–H groups in total. The number of ether oxygens (including phenoxy) is 1. The third kappa shape index (κ3) is 2.83. The van der Waals surface area contributed by atoms with Gasteiger partial charge in [-0.1, -0.05) is 42.0 Å². The highest BCUT2D eigenvalue weighted by Crippen LogP contribution is 2.40. The maximum absolute atomic E-state index is 12.6. The molecule has 2 aliphatic rings. The summed E-state index contributed by atoms with van der Waals surface area (Å²) < 4.78 is 5.74. The monoisotopic (exact) mass is 353 g/mol. The molecule has 1 saturated heterocycles. The number of nitrogens with zero attached hydrogens (tertiary/aromatic N) is 1. The SMILES string of the molecule is O=C1[C@@H]2CC=CC[C@H]2C(=O)N1c1ccc(Oc2ccccc2)c(Cl)c1. The maximum Gasteiger partial charge on any atom is 0.238 e. The molecule has 4 rings (SSSR count). The zero-order valence-electron chi connectivity index (χ0n) is 13.4. The third-order valence-corrected chi connectivity index (χ3v) is 4.95. The number of hydrogen-bond donors (Lipinski definition) is 0. The van der Waals surface area contributed by atoms with E-state index in [9.17, 15) is 9.59 Å². The van der Waals surface area contributed by atoms with Gasteiger partial charge in [-0.05, 0) is 43.2 Å². The molecule has 2 aromatic carbocycles. The molecule has 2 atom stereocenters. The van der Waals surface area contributed by atoms with Crippen LogP contribution in [-0.2, 0) is 9.59 Å². The maximum atomic E-state index is 12.6. The Balaban J connectivity index is 1.60. The zero-order chi connectivity index (χ0) is 17.4. The van der Waals surface area contributed by atoms with Gasteiger partial charge in [0, 0.05) is 0 Å². The molecule has 4 nitrogen and oxygen atoms in total. The summed E-state index contributed by atoms with van der Waals surface area (Å²) in [6.45, 7) is 0. The molecule has 5 heteroatoms. The third-order valence-electron chi connectivity index (χ3n) is 4.65. The summed E-state index contributed by atoms with van der Waals surface area (Å²) in [5.74, 6) is 0.352. The second-order valence-electron chi connectivity index (χ2n) is 6.20. The molecule has 0 saturated carbocycles. The molecular formula is C20H16ClNO3. The predicted molar refractivity (Wildman–Crippen MR) is 95.8 cm³/mol. The molecule has 0 radical (unpaired) electrons. The molecule has 126 valence electrons. The smallest absolute Gasteiger partial charge is 0.238 e. The molecule has 1 fully saturated rings. The van der Waals surface area contributed by atoms with Crippen molar-refractivity contribution in [2.45, 2.75) is 12.8 Å². The van der Waals surface area contributed by atoms with Crippen LogP contribution in [0, 0.1) is 11.8 Å². The van der Waals surface area contributed by atoms with Gasteiger partial charge < -0.3 is 4.74 Å². The van der Waals surface area contributed by atoms with E-state index < -0.39 is 0 Å². The minimum atomic E-state index is -0.253. The van der Waals surface area contributed by atoms with Crippen LogP contribution in [0.4, 0.5) is 5.69 Å². The Bertz CT molecular complexity index is 836. The standard InChI is InChI=1S/C20H16ClNO3/c21-17-12-13(10-11-18(17)25-14-6-2-1-3-7-14)22-19(23)15-8-4-5-9-16(15)20(22)24/h1-7,10-12,15-16H,8-9H2/t15-,16-/m1/s1. The van der Waals surface area contributed by atoms with Crippen LogP contribution in [0.15, 0.2) is 60.7 Å². The molecule has 1 aliphatic heterocycles. The minimum absolute atomic E-state index is 0.146. The van der Waals surface area contributed by atoms with Crippen LogP contribution >= 0.6 is 11.6 Å². The van der Waals surface area contributed by atoms with Gasteiger partial charge in [-0.15, -0.1) is 0 Å². The Hall–Kier alpha value is -2.59. The molecule has 0 unspecified atom stereocenters. The lowest BCUT2D eigenvalue weighted by molar-refractivity contribution is -0.122. The lowest BCUT2D eigenvalue weighted by Crippen LogP contribution is -2.30. The first kappa shape index (κ1) is 15.9. The first-order chi connectivity index (χ1) is 12.1. The fourth-order valence-electron chi connectivity index (χ4n) is 3.38. The topological polar surface area (TPSA) is 46.6 Å². The van der Waals surface area contributed by atoms with Gasteiger partial charge in [-0.2, -0.15) is 0 Å². The van der Waals surface area contributed by atoms with Crippen molar-refractivity contribution in [1.82, 2.24) is 0 Å². The van der Waals surface area contributed by atoms with Gasteiger partial charge in [-0.25, -0.2) is 4.90 Å². The number of anilines is 1. The van der Waals surface area contributed by atoms with Gasteiger partial charge in [0.15, 0.2) is 0 Å². The van der Waals surface area contributed by atoms with Crippen molar-refractivity contribution in [2.75, 3.05) is 4.90 Å². The van der Waals surface area contributed by atoms with Crippen molar-refractivity contribution >= 4 is 29.1 Å². The van der Waals surface area contributed by atoms with E-state index in [1.54, 1.807) is 18.2 Å². The fourth-order valence-corrected chi connectivity index (χ4v) is 3.60. The summed E-state index contributed by atoms with van der Waals surface area (Å²) in [6, 6.07) is 14.3. The number of benzene rings is 2. The van der Waals surface area contributed by atoms with Gasteiger partial charge >= 0.3 is 0 Å². The summed E-state index contributed by atoms with van der Waals surface area (Å²) in [5.41, 5.74) is 0.495. The number of imide groups is 1. The second kappa shape index (κ2) is 6.37. The first-order valence-corrected chi connectivity index (χ1v) is 8.58. The van der Waals surface area contributed by atoms with Gasteiger partial charge in [0.05, 0.1) is 22.5 Å². The fraction of sp³-hybridized carbons (Fsp3) is 0.200. The highest BCUT2D eigenvalue weighted by molar-refractivity contribution is 6.33. The number of carbonyl (C=O) groups excluding carboxylic acids is 2. The predicted octanol–water partition coefficient (Wildman–Crippen LogP) is 4.59. The molecule has 1 heterocycles. The van der Waals surface area contributed by atoms with E-state index in [1.165, 1.54) is 4.90 Å². The Morgan fingerprint density at radius 3 is 2.16 bits per heavy atom. The first-order valence-electron chi connectivity index (χ1n) is 8.20. The van der Waals surface area contributed by atoms with Crippen LogP contribution in [-0.4, -0.2) is 11.8 Å². The number of carbonyl (C=O) groups is 2. The zero-order valence-corrected chi connectivity index (χ0v) is 14.1. The molecular weight excluding hydrogens is 338 g/mol. The second-order valence-corrected chi connectivity index (χ2v) is 6.60. The minimum Gasteiger partial charge on any atom is -0.456 e. The highest BCUT2D eigenvalue weighted by atomic mass is 35.5. The number of fused-ring (bicyclic) bond motifs is 1. The molecule has 0 spiro atoms. The average molecular weight is 354 g/mol. The number of rotatable bonds is 3. The van der Waals surface area contributed by atoms with Gasteiger partial charge in [0.1, 0.15) is 11.5 Å². The van der Waals surface area contributed by atoms with Gasteiger partial charge in [-0.3, -0.25) is 9.59 Å². The van der Waals surface area contributed by atoms with E-state index in [1.807, 2.05) is 42.5 Å². The largest absolute Gasteiger partial charge is 0.456 e. The lowest BCUT2D eigenvalue weighted by atomic mass is 9.85. The number of amides is 2. The Morgan fingerprint density at radius 2 is 1.56 bits per heavy atom. The van der Waals surface area contributed by atoms with E-state index in [2.05, 4.69) is 0 Å². The van der Waals surface area contributed by atoms with Crippen molar-refractivity contribution in [1.29, 1.82) is 0 Å². The quantitative estimate of drug-likeness (QED) is 0.599.